The Bertz CT molecular complexity index is 903. The molecule has 1 heterocycles. The number of hydrogen-bond acceptors (Lipinski definition) is 0. The van der Waals surface area contributed by atoms with Crippen molar-refractivity contribution in [2.75, 3.05) is 6.54 Å². The van der Waals surface area contributed by atoms with Crippen LogP contribution in [-0.4, -0.2) is 16.8 Å². The van der Waals surface area contributed by atoms with E-state index in [0.29, 0.717) is 0 Å². The fourth-order valence-electron chi connectivity index (χ4n) is 3.44. The third-order valence-corrected chi connectivity index (χ3v) is 4.91. The highest BCUT2D eigenvalue weighted by molar-refractivity contribution is 6.35. The van der Waals surface area contributed by atoms with Crippen LogP contribution in [0.25, 0.3) is 0 Å². The summed E-state index contributed by atoms with van der Waals surface area (Å²) in [6.07, 6.45) is 1.07. The number of benzene rings is 3. The lowest BCUT2D eigenvalue weighted by atomic mass is 9.92. The third-order valence-electron chi connectivity index (χ3n) is 4.59. The van der Waals surface area contributed by atoms with E-state index in [1.807, 2.05) is 12.1 Å². The van der Waals surface area contributed by atoms with Crippen molar-refractivity contribution in [3.05, 3.63) is 106 Å². The van der Waals surface area contributed by atoms with Crippen LogP contribution in [0.2, 0.25) is 5.02 Å². The van der Waals surface area contributed by atoms with E-state index in [9.17, 15) is 0 Å². The van der Waals surface area contributed by atoms with Gasteiger partial charge in [0.05, 0.1) is 10.6 Å². The van der Waals surface area contributed by atoms with E-state index >= 15 is 0 Å². The molecule has 0 spiro atoms. The number of rotatable bonds is 3. The Morgan fingerprint density at radius 3 is 2.16 bits per heavy atom. The minimum Gasteiger partial charge on any atom is -1.00 e. The first-order valence-electron chi connectivity index (χ1n) is 8.32. The van der Waals surface area contributed by atoms with E-state index < -0.39 is 0 Å². The molecule has 0 unspecified atom stereocenters. The van der Waals surface area contributed by atoms with Gasteiger partial charge < -0.3 is 24.0 Å². The van der Waals surface area contributed by atoms with Crippen LogP contribution in [0.5, 0.6) is 0 Å². The molecule has 1 aliphatic rings. The first kappa shape index (κ1) is 18.2. The molecule has 4 rings (SSSR count). The molecule has 0 fully saturated rings. The standard InChI is InChI=1S/C22H19ClN.HI/c23-21-13-7-6-12-20(21)22-19-11-5-4-10-18(19)14-15-24(22)16-17-8-2-1-3-9-17;/h1-13H,14-16H2;1H/q+1;/p-1. The Labute approximate surface area is 171 Å². The summed E-state index contributed by atoms with van der Waals surface area (Å²) in [5.41, 5.74) is 6.37. The molecule has 3 aromatic carbocycles. The maximum Gasteiger partial charge on any atom is 0.216 e. The van der Waals surface area contributed by atoms with Crippen molar-refractivity contribution in [3.8, 4) is 0 Å². The highest BCUT2D eigenvalue weighted by atomic mass is 127. The predicted octanol–water partition coefficient (Wildman–Crippen LogP) is 1.95. The molecule has 0 saturated carbocycles. The largest absolute Gasteiger partial charge is 1.00 e. The smallest absolute Gasteiger partial charge is 0.216 e. The summed E-state index contributed by atoms with van der Waals surface area (Å²) >= 11 is 6.54. The van der Waals surface area contributed by atoms with Crippen LogP contribution in [0.1, 0.15) is 22.3 Å². The Kier molecular flexibility index (Phi) is 5.92. The minimum absolute atomic E-state index is 0. The summed E-state index contributed by atoms with van der Waals surface area (Å²) in [4.78, 5) is 0. The van der Waals surface area contributed by atoms with Gasteiger partial charge in [0.15, 0.2) is 6.54 Å². The zero-order valence-corrected chi connectivity index (χ0v) is 16.7. The monoisotopic (exact) mass is 459 g/mol. The van der Waals surface area contributed by atoms with Crippen molar-refractivity contribution >= 4 is 17.3 Å². The molecular weight excluding hydrogens is 441 g/mol. The van der Waals surface area contributed by atoms with E-state index in [4.69, 9.17) is 11.6 Å². The molecule has 1 aliphatic heterocycles. The molecule has 25 heavy (non-hydrogen) atoms. The quantitative estimate of drug-likeness (QED) is 0.416. The van der Waals surface area contributed by atoms with Gasteiger partial charge in [0.25, 0.3) is 0 Å². The van der Waals surface area contributed by atoms with Crippen LogP contribution in [0.15, 0.2) is 78.9 Å². The van der Waals surface area contributed by atoms with Gasteiger partial charge in [-0.05, 0) is 23.8 Å². The van der Waals surface area contributed by atoms with Gasteiger partial charge in [0.1, 0.15) is 6.54 Å². The van der Waals surface area contributed by atoms with Crippen LogP contribution < -0.4 is 24.0 Å². The van der Waals surface area contributed by atoms with Gasteiger partial charge in [-0.2, -0.15) is 0 Å². The average Bonchev–Trinajstić information content (AvgIpc) is 2.63. The molecular formula is C22H19ClIN. The topological polar surface area (TPSA) is 3.01 Å². The van der Waals surface area contributed by atoms with Gasteiger partial charge in [-0.15, -0.1) is 0 Å². The summed E-state index contributed by atoms with van der Waals surface area (Å²) in [6, 6.07) is 27.5. The Morgan fingerprint density at radius 2 is 1.40 bits per heavy atom. The van der Waals surface area contributed by atoms with Crippen molar-refractivity contribution in [2.45, 2.75) is 13.0 Å². The molecule has 0 bridgehead atoms. The van der Waals surface area contributed by atoms with E-state index in [1.54, 1.807) is 0 Å². The Morgan fingerprint density at radius 1 is 0.760 bits per heavy atom. The SMILES string of the molecule is Clc1ccccc1C1=[N+](Cc2ccccc2)CCc2ccccc21.[I-]. The number of fused-ring (bicyclic) bond motifs is 1. The predicted molar refractivity (Wildman–Crippen MR) is 100 cm³/mol. The van der Waals surface area contributed by atoms with Crippen LogP contribution in [-0.2, 0) is 13.0 Å². The highest BCUT2D eigenvalue weighted by Crippen LogP contribution is 2.25. The van der Waals surface area contributed by atoms with Crippen LogP contribution in [0.3, 0.4) is 0 Å². The van der Waals surface area contributed by atoms with E-state index in [-0.39, 0.29) is 24.0 Å². The zero-order valence-electron chi connectivity index (χ0n) is 13.8. The van der Waals surface area contributed by atoms with Crippen LogP contribution >= 0.6 is 11.6 Å². The zero-order chi connectivity index (χ0) is 16.4. The Balaban J connectivity index is 0.00000182. The molecule has 126 valence electrons. The second-order valence-corrected chi connectivity index (χ2v) is 6.55. The lowest BCUT2D eigenvalue weighted by Gasteiger charge is -2.19. The van der Waals surface area contributed by atoms with Gasteiger partial charge >= 0.3 is 0 Å². The number of halogens is 2. The fourth-order valence-corrected chi connectivity index (χ4v) is 3.66. The summed E-state index contributed by atoms with van der Waals surface area (Å²) in [5, 5.41) is 0.808. The molecule has 0 N–H and O–H groups in total. The number of nitrogens with zero attached hydrogens (tertiary/aromatic N) is 1. The van der Waals surface area contributed by atoms with Crippen molar-refractivity contribution < 1.29 is 28.6 Å². The van der Waals surface area contributed by atoms with Crippen molar-refractivity contribution in [1.29, 1.82) is 0 Å². The van der Waals surface area contributed by atoms with Gasteiger partial charge in [-0.3, -0.25) is 0 Å². The van der Waals surface area contributed by atoms with Gasteiger partial charge in [0.2, 0.25) is 5.71 Å². The summed E-state index contributed by atoms with van der Waals surface area (Å²) in [5.74, 6) is 0. The van der Waals surface area contributed by atoms with Gasteiger partial charge in [-0.25, -0.2) is 4.58 Å². The van der Waals surface area contributed by atoms with Gasteiger partial charge in [0, 0.05) is 17.5 Å². The molecule has 0 saturated heterocycles. The summed E-state index contributed by atoms with van der Waals surface area (Å²) < 4.78 is 2.46. The molecule has 1 nitrogen and oxygen atoms in total. The lowest BCUT2D eigenvalue weighted by Crippen LogP contribution is -3.00. The highest BCUT2D eigenvalue weighted by Gasteiger charge is 2.28. The second kappa shape index (κ2) is 8.15. The fraction of sp³-hybridized carbons (Fsp3) is 0.136. The first-order chi connectivity index (χ1) is 11.8. The summed E-state index contributed by atoms with van der Waals surface area (Å²) in [6.45, 7) is 1.90. The molecule has 0 amide bonds. The molecule has 0 aliphatic carbocycles. The maximum atomic E-state index is 6.54. The van der Waals surface area contributed by atoms with Crippen molar-refractivity contribution in [2.24, 2.45) is 0 Å². The lowest BCUT2D eigenvalue weighted by molar-refractivity contribution is -0.544. The molecule has 0 atom stereocenters. The van der Waals surface area contributed by atoms with Crippen LogP contribution in [0, 0.1) is 0 Å². The van der Waals surface area contributed by atoms with E-state index in [0.717, 1.165) is 30.1 Å². The molecule has 3 aromatic rings. The maximum absolute atomic E-state index is 6.54. The molecule has 3 heteroatoms. The van der Waals surface area contributed by atoms with Crippen molar-refractivity contribution in [3.63, 3.8) is 0 Å². The van der Waals surface area contributed by atoms with Gasteiger partial charge in [-0.1, -0.05) is 72.3 Å². The normalized spacial score (nSPS) is 13.2. The second-order valence-electron chi connectivity index (χ2n) is 6.14. The summed E-state index contributed by atoms with van der Waals surface area (Å²) in [7, 11) is 0. The first-order valence-corrected chi connectivity index (χ1v) is 8.70. The molecule has 0 radical (unpaired) electrons. The number of hydrogen-bond donors (Lipinski definition) is 0. The van der Waals surface area contributed by atoms with Crippen molar-refractivity contribution in [1.82, 2.24) is 0 Å². The van der Waals surface area contributed by atoms with Crippen LogP contribution in [0.4, 0.5) is 0 Å². The average molecular weight is 460 g/mol. The minimum atomic E-state index is 0. The molecule has 0 aromatic heterocycles. The van der Waals surface area contributed by atoms with E-state index in [1.165, 1.54) is 22.4 Å². The Hall–Kier alpha value is -1.65. The third kappa shape index (κ3) is 3.80. The van der Waals surface area contributed by atoms with E-state index in [2.05, 4.69) is 71.3 Å².